The van der Waals surface area contributed by atoms with E-state index < -0.39 is 5.60 Å². The zero-order valence-electron chi connectivity index (χ0n) is 23.0. The topological polar surface area (TPSA) is 27.7 Å². The second-order valence-electron chi connectivity index (χ2n) is 10.8. The lowest BCUT2D eigenvalue weighted by molar-refractivity contribution is 0.0148. The lowest BCUT2D eigenvalue weighted by Crippen LogP contribution is -2.33. The van der Waals surface area contributed by atoms with Crippen molar-refractivity contribution < 1.29 is 14.0 Å². The lowest BCUT2D eigenvalue weighted by atomic mass is 9.80. The van der Waals surface area contributed by atoms with Gasteiger partial charge in [-0.2, -0.15) is 0 Å². The fraction of sp³-hybridized carbons (Fsp3) is 0.394. The molecule has 4 rings (SSSR count). The van der Waals surface area contributed by atoms with Crippen LogP contribution in [0.1, 0.15) is 57.7 Å². The van der Waals surface area contributed by atoms with Crippen molar-refractivity contribution in [1.29, 1.82) is 0 Å². The van der Waals surface area contributed by atoms with Crippen molar-refractivity contribution in [3.8, 4) is 0 Å². The fourth-order valence-corrected chi connectivity index (χ4v) is 5.25. The first-order valence-corrected chi connectivity index (χ1v) is 13.7. The molecule has 1 heterocycles. The van der Waals surface area contributed by atoms with Crippen LogP contribution in [0.4, 0.5) is 0 Å². The predicted octanol–water partition coefficient (Wildman–Crippen LogP) is 7.92. The Balaban J connectivity index is 1.51. The molecule has 0 bridgehead atoms. The van der Waals surface area contributed by atoms with E-state index >= 15 is 0 Å². The predicted molar refractivity (Wildman–Crippen MR) is 154 cm³/mol. The third-order valence-corrected chi connectivity index (χ3v) is 7.27. The molecule has 0 aromatic heterocycles. The molecule has 0 N–H and O–H groups in total. The first kappa shape index (κ1) is 27.4. The molecule has 2 atom stereocenters. The summed E-state index contributed by atoms with van der Waals surface area (Å²) in [6.07, 6.45) is 4.17. The number of rotatable bonds is 11. The quantitative estimate of drug-likeness (QED) is 0.153. The van der Waals surface area contributed by atoms with E-state index in [4.69, 9.17) is 14.0 Å². The highest BCUT2D eigenvalue weighted by atomic mass is 16.7. The van der Waals surface area contributed by atoms with Crippen molar-refractivity contribution in [2.75, 3.05) is 6.61 Å². The molecule has 0 radical (unpaired) electrons. The van der Waals surface area contributed by atoms with Crippen LogP contribution < -0.4 is 0 Å². The maximum atomic E-state index is 6.92. The van der Waals surface area contributed by atoms with E-state index in [0.29, 0.717) is 18.4 Å². The minimum Gasteiger partial charge on any atom is -0.405 e. The minimum absolute atomic E-state index is 0.158. The minimum atomic E-state index is -0.684. The summed E-state index contributed by atoms with van der Waals surface area (Å²) < 4.78 is 19.5. The Morgan fingerprint density at radius 3 is 1.54 bits per heavy atom. The lowest BCUT2D eigenvalue weighted by Gasteiger charge is -2.36. The van der Waals surface area contributed by atoms with Crippen LogP contribution in [0.2, 0.25) is 6.32 Å². The van der Waals surface area contributed by atoms with E-state index in [2.05, 4.69) is 132 Å². The molecule has 0 saturated carbocycles. The summed E-state index contributed by atoms with van der Waals surface area (Å²) in [7, 11) is -0.173. The van der Waals surface area contributed by atoms with E-state index in [1.165, 1.54) is 5.57 Å². The second-order valence-corrected chi connectivity index (χ2v) is 10.8. The van der Waals surface area contributed by atoms with Crippen LogP contribution in [-0.4, -0.2) is 25.9 Å². The Kier molecular flexibility index (Phi) is 9.42. The molecule has 37 heavy (non-hydrogen) atoms. The maximum Gasteiger partial charge on any atom is 0.461 e. The van der Waals surface area contributed by atoms with Gasteiger partial charge in [-0.3, -0.25) is 0 Å². The summed E-state index contributed by atoms with van der Waals surface area (Å²) in [4.78, 5) is 0. The second kappa shape index (κ2) is 12.7. The zero-order chi connectivity index (χ0) is 26.3. The van der Waals surface area contributed by atoms with Crippen LogP contribution in [0, 0.1) is 11.8 Å². The zero-order valence-corrected chi connectivity index (χ0v) is 23.0. The standard InChI is InChI=1S/C33H41BO3/c1-25(2)31-32(26(3)4)37-34(36-31)23-21-27(5)22-24-35-33(28-15-9-6-10-16-28,29-17-11-7-12-18-29)30-19-13-8-14-20-30/h6-21,25-26,31-32H,22-24H2,1-5H3/b27-21+/t31-,32-/m0/s1. The summed E-state index contributed by atoms with van der Waals surface area (Å²) in [6.45, 7) is 11.6. The first-order chi connectivity index (χ1) is 17.9. The first-order valence-electron chi connectivity index (χ1n) is 13.7. The van der Waals surface area contributed by atoms with Crippen molar-refractivity contribution in [2.45, 2.75) is 65.2 Å². The monoisotopic (exact) mass is 496 g/mol. The summed E-state index contributed by atoms with van der Waals surface area (Å²) >= 11 is 0. The van der Waals surface area contributed by atoms with Gasteiger partial charge in [0.2, 0.25) is 0 Å². The molecule has 4 heteroatoms. The molecule has 3 aromatic rings. The Morgan fingerprint density at radius 1 is 0.757 bits per heavy atom. The van der Waals surface area contributed by atoms with Crippen molar-refractivity contribution in [2.24, 2.45) is 11.8 Å². The fourth-order valence-electron chi connectivity index (χ4n) is 5.25. The molecular weight excluding hydrogens is 455 g/mol. The summed E-state index contributed by atoms with van der Waals surface area (Å²) in [5.74, 6) is 0.885. The average Bonchev–Trinajstić information content (AvgIpc) is 3.37. The number of ether oxygens (including phenoxy) is 1. The third kappa shape index (κ3) is 6.44. The molecule has 1 saturated heterocycles. The SMILES string of the molecule is C/C(=C\CB1O[C@@H](C(C)C)[C@H](C(C)C)O1)CCOC(c1ccccc1)(c1ccccc1)c1ccccc1. The third-order valence-electron chi connectivity index (χ3n) is 7.27. The van der Waals surface area contributed by atoms with Gasteiger partial charge in [0.25, 0.3) is 0 Å². The molecule has 0 amide bonds. The molecule has 3 nitrogen and oxygen atoms in total. The molecule has 1 aliphatic rings. The highest BCUT2D eigenvalue weighted by Crippen LogP contribution is 2.40. The van der Waals surface area contributed by atoms with Gasteiger partial charge in [0.1, 0.15) is 5.60 Å². The van der Waals surface area contributed by atoms with Crippen molar-refractivity contribution in [3.63, 3.8) is 0 Å². The van der Waals surface area contributed by atoms with E-state index in [9.17, 15) is 0 Å². The summed E-state index contributed by atoms with van der Waals surface area (Å²) in [6, 6.07) is 31.6. The number of allylic oxidation sites excluding steroid dienone is 1. The Hall–Kier alpha value is -2.66. The van der Waals surface area contributed by atoms with Gasteiger partial charge in [0.05, 0.1) is 18.8 Å². The van der Waals surface area contributed by atoms with Crippen LogP contribution in [-0.2, 0) is 19.6 Å². The molecule has 3 aromatic carbocycles. The van der Waals surface area contributed by atoms with Crippen LogP contribution in [0.5, 0.6) is 0 Å². The van der Waals surface area contributed by atoms with Gasteiger partial charge >= 0.3 is 7.12 Å². The Bertz CT molecular complexity index is 999. The average molecular weight is 497 g/mol. The summed E-state index contributed by atoms with van der Waals surface area (Å²) in [5.41, 5.74) is 3.98. The molecule has 0 spiro atoms. The summed E-state index contributed by atoms with van der Waals surface area (Å²) in [5, 5.41) is 0. The van der Waals surface area contributed by atoms with Gasteiger partial charge in [-0.15, -0.1) is 0 Å². The Labute approximate surface area is 224 Å². The highest BCUT2D eigenvalue weighted by molar-refractivity contribution is 6.45. The number of hydrogen-bond acceptors (Lipinski definition) is 3. The van der Waals surface area contributed by atoms with Gasteiger partial charge in [0, 0.05) is 6.32 Å². The molecule has 0 unspecified atom stereocenters. The maximum absolute atomic E-state index is 6.92. The van der Waals surface area contributed by atoms with Crippen molar-refractivity contribution >= 4 is 7.12 Å². The van der Waals surface area contributed by atoms with E-state index in [0.717, 1.165) is 29.4 Å². The highest BCUT2D eigenvalue weighted by Gasteiger charge is 2.41. The van der Waals surface area contributed by atoms with Crippen LogP contribution in [0.25, 0.3) is 0 Å². The number of hydrogen-bond donors (Lipinski definition) is 0. The smallest absolute Gasteiger partial charge is 0.405 e. The van der Waals surface area contributed by atoms with Crippen molar-refractivity contribution in [1.82, 2.24) is 0 Å². The molecular formula is C33H41BO3. The van der Waals surface area contributed by atoms with Crippen LogP contribution in [0.15, 0.2) is 103 Å². The van der Waals surface area contributed by atoms with Gasteiger partial charge in [-0.25, -0.2) is 0 Å². The number of benzene rings is 3. The normalized spacial score (nSPS) is 18.7. The molecule has 1 aliphatic heterocycles. The van der Waals surface area contributed by atoms with E-state index in [1.54, 1.807) is 0 Å². The van der Waals surface area contributed by atoms with Crippen molar-refractivity contribution in [3.05, 3.63) is 119 Å². The van der Waals surface area contributed by atoms with Crippen LogP contribution in [0.3, 0.4) is 0 Å². The molecule has 0 aliphatic carbocycles. The van der Waals surface area contributed by atoms with Gasteiger partial charge < -0.3 is 14.0 Å². The largest absolute Gasteiger partial charge is 0.461 e. The van der Waals surface area contributed by atoms with E-state index in [-0.39, 0.29) is 19.3 Å². The molecule has 194 valence electrons. The van der Waals surface area contributed by atoms with Gasteiger partial charge in [-0.05, 0) is 41.9 Å². The molecule has 1 fully saturated rings. The van der Waals surface area contributed by atoms with Crippen LogP contribution >= 0.6 is 0 Å². The van der Waals surface area contributed by atoms with Gasteiger partial charge in [0.15, 0.2) is 0 Å². The van der Waals surface area contributed by atoms with E-state index in [1.807, 2.05) is 0 Å². The van der Waals surface area contributed by atoms with Gasteiger partial charge in [-0.1, -0.05) is 130 Å². The Morgan fingerprint density at radius 2 is 1.16 bits per heavy atom.